The smallest absolute Gasteiger partial charge is 0.308 e. The Hall–Kier alpha value is -2.57. The summed E-state index contributed by atoms with van der Waals surface area (Å²) >= 11 is 0. The topological polar surface area (TPSA) is 95.9 Å². The van der Waals surface area contributed by atoms with Gasteiger partial charge in [-0.1, -0.05) is 25.1 Å². The summed E-state index contributed by atoms with van der Waals surface area (Å²) in [4.78, 5) is 36.9. The normalized spacial score (nSPS) is 16.0. The number of aliphatic carboxylic acids is 1. The molecular weight excluding hydrogens is 336 g/mol. The van der Waals surface area contributed by atoms with Crippen LogP contribution in [0.25, 0.3) is 0 Å². The van der Waals surface area contributed by atoms with Crippen LogP contribution < -0.4 is 10.1 Å². The average molecular weight is 362 g/mol. The fourth-order valence-corrected chi connectivity index (χ4v) is 2.81. The van der Waals surface area contributed by atoms with E-state index in [0.717, 1.165) is 5.75 Å². The van der Waals surface area contributed by atoms with Crippen LogP contribution in [0, 0.1) is 11.8 Å². The molecule has 7 nitrogen and oxygen atoms in total. The van der Waals surface area contributed by atoms with Crippen LogP contribution in [-0.4, -0.2) is 54.0 Å². The second-order valence-electron chi connectivity index (χ2n) is 6.55. The molecule has 142 valence electrons. The van der Waals surface area contributed by atoms with Crippen molar-refractivity contribution >= 4 is 17.8 Å². The highest BCUT2D eigenvalue weighted by molar-refractivity contribution is 5.80. The summed E-state index contributed by atoms with van der Waals surface area (Å²) < 4.78 is 5.54. The molecule has 0 aromatic heterocycles. The molecule has 1 saturated heterocycles. The molecule has 1 atom stereocenters. The summed E-state index contributed by atoms with van der Waals surface area (Å²) in [6, 6.07) is 9.36. The van der Waals surface area contributed by atoms with E-state index in [-0.39, 0.29) is 24.3 Å². The minimum absolute atomic E-state index is 0.0271. The molecule has 26 heavy (non-hydrogen) atoms. The van der Waals surface area contributed by atoms with Crippen molar-refractivity contribution in [1.82, 2.24) is 10.2 Å². The molecule has 1 fully saturated rings. The maximum absolute atomic E-state index is 12.2. The van der Waals surface area contributed by atoms with Crippen molar-refractivity contribution in [3.05, 3.63) is 30.3 Å². The maximum atomic E-state index is 12.2. The van der Waals surface area contributed by atoms with Crippen molar-refractivity contribution < 1.29 is 24.2 Å². The Balaban J connectivity index is 1.66. The molecule has 1 aliphatic heterocycles. The van der Waals surface area contributed by atoms with Gasteiger partial charge in [0.05, 0.1) is 18.9 Å². The number of nitrogens with one attached hydrogen (secondary N) is 1. The van der Waals surface area contributed by atoms with E-state index >= 15 is 0 Å². The standard InChI is InChI=1S/C19H26N2O5/c1-14(19(24)25)13-20-18(23)15-7-10-21(11-8-15)17(22)9-12-26-16-5-3-2-4-6-16/h2-6,14-15H,7-13H2,1H3,(H,20,23)(H,24,25). The number of carboxylic acids is 1. The summed E-state index contributed by atoms with van der Waals surface area (Å²) in [7, 11) is 0. The van der Waals surface area contributed by atoms with Crippen LogP contribution in [0.3, 0.4) is 0 Å². The van der Waals surface area contributed by atoms with E-state index in [2.05, 4.69) is 5.32 Å². The third-order valence-corrected chi connectivity index (χ3v) is 4.55. The van der Waals surface area contributed by atoms with E-state index in [1.54, 1.807) is 11.8 Å². The van der Waals surface area contributed by atoms with Crippen LogP contribution in [0.15, 0.2) is 30.3 Å². The van der Waals surface area contributed by atoms with Crippen LogP contribution in [0.1, 0.15) is 26.2 Å². The molecule has 2 N–H and O–H groups in total. The number of rotatable bonds is 8. The number of carbonyl (C=O) groups is 3. The summed E-state index contributed by atoms with van der Waals surface area (Å²) in [6.07, 6.45) is 1.50. The second kappa shape index (κ2) is 9.79. The highest BCUT2D eigenvalue weighted by Crippen LogP contribution is 2.18. The molecule has 0 saturated carbocycles. The lowest BCUT2D eigenvalue weighted by Gasteiger charge is -2.31. The first kappa shape index (κ1) is 19.8. The van der Waals surface area contributed by atoms with Gasteiger partial charge < -0.3 is 20.1 Å². The molecule has 0 radical (unpaired) electrons. The molecule has 7 heteroatoms. The van der Waals surface area contributed by atoms with Crippen molar-refractivity contribution in [2.45, 2.75) is 26.2 Å². The van der Waals surface area contributed by atoms with Gasteiger partial charge in [-0.2, -0.15) is 0 Å². The fourth-order valence-electron chi connectivity index (χ4n) is 2.81. The SMILES string of the molecule is CC(CNC(=O)C1CCN(C(=O)CCOc2ccccc2)CC1)C(=O)O. The Morgan fingerprint density at radius 3 is 2.50 bits per heavy atom. The van der Waals surface area contributed by atoms with E-state index in [0.29, 0.717) is 39.0 Å². The van der Waals surface area contributed by atoms with Gasteiger partial charge in [0.15, 0.2) is 0 Å². The highest BCUT2D eigenvalue weighted by Gasteiger charge is 2.27. The Labute approximate surface area is 153 Å². The Bertz CT molecular complexity index is 612. The Morgan fingerprint density at radius 1 is 1.23 bits per heavy atom. The predicted octanol–water partition coefficient (Wildman–Crippen LogP) is 1.53. The number of hydrogen-bond acceptors (Lipinski definition) is 4. The fraction of sp³-hybridized carbons (Fsp3) is 0.526. The van der Waals surface area contributed by atoms with Crippen molar-refractivity contribution in [3.63, 3.8) is 0 Å². The van der Waals surface area contributed by atoms with Crippen molar-refractivity contribution in [1.29, 1.82) is 0 Å². The van der Waals surface area contributed by atoms with Crippen LogP contribution >= 0.6 is 0 Å². The summed E-state index contributed by atoms with van der Waals surface area (Å²) in [5.74, 6) is -1.06. The monoisotopic (exact) mass is 362 g/mol. The van der Waals surface area contributed by atoms with Gasteiger partial charge in [0, 0.05) is 25.6 Å². The molecule has 1 aromatic carbocycles. The Kier molecular flexibility index (Phi) is 7.44. The molecule has 2 amide bonds. The molecule has 2 rings (SSSR count). The third kappa shape index (κ3) is 6.06. The van der Waals surface area contributed by atoms with E-state index < -0.39 is 11.9 Å². The summed E-state index contributed by atoms with van der Waals surface area (Å²) in [6.45, 7) is 3.09. The lowest BCUT2D eigenvalue weighted by atomic mass is 9.95. The lowest BCUT2D eigenvalue weighted by Crippen LogP contribution is -2.44. The van der Waals surface area contributed by atoms with E-state index in [1.807, 2.05) is 30.3 Å². The molecule has 0 aliphatic carbocycles. The quantitative estimate of drug-likeness (QED) is 0.731. The second-order valence-corrected chi connectivity index (χ2v) is 6.55. The van der Waals surface area contributed by atoms with Crippen molar-refractivity contribution in [2.75, 3.05) is 26.2 Å². The maximum Gasteiger partial charge on any atom is 0.308 e. The number of nitrogens with zero attached hydrogens (tertiary/aromatic N) is 1. The summed E-state index contributed by atoms with van der Waals surface area (Å²) in [5.41, 5.74) is 0. The van der Waals surface area contributed by atoms with Gasteiger partial charge in [-0.15, -0.1) is 0 Å². The van der Waals surface area contributed by atoms with E-state index in [1.165, 1.54) is 0 Å². The number of benzene rings is 1. The summed E-state index contributed by atoms with van der Waals surface area (Å²) in [5, 5.41) is 11.5. The number of ether oxygens (including phenoxy) is 1. The molecule has 0 bridgehead atoms. The van der Waals surface area contributed by atoms with E-state index in [9.17, 15) is 14.4 Å². The highest BCUT2D eigenvalue weighted by atomic mass is 16.5. The van der Waals surface area contributed by atoms with Gasteiger partial charge in [0.25, 0.3) is 0 Å². The van der Waals surface area contributed by atoms with Crippen LogP contribution in [0.5, 0.6) is 5.75 Å². The minimum Gasteiger partial charge on any atom is -0.493 e. The number of piperidine rings is 1. The van der Waals surface area contributed by atoms with Crippen LogP contribution in [0.2, 0.25) is 0 Å². The van der Waals surface area contributed by atoms with Gasteiger partial charge in [-0.05, 0) is 25.0 Å². The van der Waals surface area contributed by atoms with Gasteiger partial charge in [0.2, 0.25) is 11.8 Å². The molecular formula is C19H26N2O5. The molecule has 1 unspecified atom stereocenters. The van der Waals surface area contributed by atoms with Gasteiger partial charge in [0.1, 0.15) is 5.75 Å². The van der Waals surface area contributed by atoms with E-state index in [4.69, 9.17) is 9.84 Å². The number of carboxylic acid groups (broad SMARTS) is 1. The zero-order chi connectivity index (χ0) is 18.9. The average Bonchev–Trinajstić information content (AvgIpc) is 2.66. The van der Waals surface area contributed by atoms with Crippen LogP contribution in [0.4, 0.5) is 0 Å². The van der Waals surface area contributed by atoms with Gasteiger partial charge in [-0.25, -0.2) is 0 Å². The molecule has 0 spiro atoms. The van der Waals surface area contributed by atoms with Crippen molar-refractivity contribution in [3.8, 4) is 5.75 Å². The first-order chi connectivity index (χ1) is 12.5. The Morgan fingerprint density at radius 2 is 1.88 bits per heavy atom. The predicted molar refractivity (Wildman–Crippen MR) is 95.7 cm³/mol. The third-order valence-electron chi connectivity index (χ3n) is 4.55. The molecule has 1 heterocycles. The zero-order valence-corrected chi connectivity index (χ0v) is 15.0. The van der Waals surface area contributed by atoms with Crippen LogP contribution in [-0.2, 0) is 14.4 Å². The largest absolute Gasteiger partial charge is 0.493 e. The van der Waals surface area contributed by atoms with Gasteiger partial charge in [-0.3, -0.25) is 14.4 Å². The lowest BCUT2D eigenvalue weighted by molar-refractivity contribution is -0.141. The zero-order valence-electron chi connectivity index (χ0n) is 15.0. The number of para-hydroxylation sites is 1. The molecule has 1 aromatic rings. The first-order valence-electron chi connectivity index (χ1n) is 8.93. The van der Waals surface area contributed by atoms with Crippen molar-refractivity contribution in [2.24, 2.45) is 11.8 Å². The number of amides is 2. The minimum atomic E-state index is -0.927. The van der Waals surface area contributed by atoms with Gasteiger partial charge >= 0.3 is 5.97 Å². The number of carbonyl (C=O) groups excluding carboxylic acids is 2. The number of hydrogen-bond donors (Lipinski definition) is 2. The molecule has 1 aliphatic rings. The number of likely N-dealkylation sites (tertiary alicyclic amines) is 1. The first-order valence-corrected chi connectivity index (χ1v) is 8.93.